The van der Waals surface area contributed by atoms with Crippen LogP contribution in [0, 0.1) is 0 Å². The maximum atomic E-state index is 12.9. The molecule has 37 heavy (non-hydrogen) atoms. The van der Waals surface area contributed by atoms with Crippen LogP contribution in [-0.2, 0) is 23.0 Å². The third-order valence-electron chi connectivity index (χ3n) is 5.37. The monoisotopic (exact) mass is 553 g/mol. The van der Waals surface area contributed by atoms with Crippen molar-refractivity contribution in [2.24, 2.45) is 4.40 Å². The fraction of sp³-hybridized carbons (Fsp3) is 0.130. The van der Waals surface area contributed by atoms with Crippen LogP contribution in [0.1, 0.15) is 27.2 Å². The van der Waals surface area contributed by atoms with Crippen molar-refractivity contribution >= 4 is 38.7 Å². The Hall–Kier alpha value is -4.01. The van der Waals surface area contributed by atoms with Crippen molar-refractivity contribution in [1.29, 1.82) is 0 Å². The molecule has 2 aromatic carbocycles. The van der Waals surface area contributed by atoms with E-state index in [4.69, 9.17) is 0 Å². The van der Waals surface area contributed by atoms with Gasteiger partial charge in [0.05, 0.1) is 6.54 Å². The van der Waals surface area contributed by atoms with Crippen molar-refractivity contribution in [3.63, 3.8) is 0 Å². The Morgan fingerprint density at radius 3 is 2.54 bits per heavy atom. The summed E-state index contributed by atoms with van der Waals surface area (Å²) in [6.07, 6.45) is 0.602. The van der Waals surface area contributed by atoms with E-state index in [0.29, 0.717) is 17.3 Å². The predicted molar refractivity (Wildman–Crippen MR) is 138 cm³/mol. The summed E-state index contributed by atoms with van der Waals surface area (Å²) in [4.78, 5) is 11.0. The largest absolute Gasteiger partial charge is 0.477 e. The number of benzene rings is 2. The Kier molecular flexibility index (Phi) is 6.78. The van der Waals surface area contributed by atoms with Gasteiger partial charge >= 0.3 is 5.97 Å². The second-order valence-electron chi connectivity index (χ2n) is 7.75. The van der Waals surface area contributed by atoms with Crippen LogP contribution in [0.5, 0.6) is 0 Å². The molecular formula is C23H19N7O4S3. The molecule has 0 aliphatic heterocycles. The minimum Gasteiger partial charge on any atom is -0.477 e. The van der Waals surface area contributed by atoms with E-state index in [2.05, 4.69) is 30.1 Å². The second-order valence-corrected chi connectivity index (χ2v) is 11.3. The lowest BCUT2D eigenvalue weighted by atomic mass is 9.98. The van der Waals surface area contributed by atoms with E-state index in [1.165, 1.54) is 16.1 Å². The van der Waals surface area contributed by atoms with Crippen LogP contribution in [0.4, 0.5) is 0 Å². The Morgan fingerprint density at radius 1 is 1.11 bits per heavy atom. The molecule has 0 aliphatic carbocycles. The van der Waals surface area contributed by atoms with Gasteiger partial charge < -0.3 is 5.11 Å². The average molecular weight is 554 g/mol. The summed E-state index contributed by atoms with van der Waals surface area (Å²) in [7, 11) is -4.24. The number of nitrogens with one attached hydrogen (secondary N) is 1. The molecule has 14 heteroatoms. The number of hydrogen-bond acceptors (Lipinski definition) is 9. The number of aryl methyl sites for hydroxylation is 1. The standard InChI is InChI=1S/C23H19N7O4S3/c1-2-19-26-30(23(36-19)27-37(33,34)18-11-12-35-20(18)22(31)32)13-14-7-9-15(10-8-14)16-5-3-4-6-17(16)21-24-28-29-25-21/h3-12H,2,13H2,1H3,(H,31,32)(H,24,25,28,29). The van der Waals surface area contributed by atoms with Gasteiger partial charge in [0.25, 0.3) is 10.0 Å². The number of aromatic amines is 1. The molecule has 0 saturated carbocycles. The SMILES string of the molecule is CCc1nn(Cc2ccc(-c3ccccc3-c3nn[nH]n3)cc2)c(=NS(=O)(=O)c2ccsc2C(=O)O)s1. The minimum absolute atomic E-state index is 0.172. The van der Waals surface area contributed by atoms with Crippen LogP contribution in [-0.4, -0.2) is 49.9 Å². The van der Waals surface area contributed by atoms with Crippen LogP contribution in [0.2, 0.25) is 0 Å². The molecule has 0 atom stereocenters. The van der Waals surface area contributed by atoms with E-state index in [1.54, 1.807) is 0 Å². The Balaban J connectivity index is 1.47. The first-order valence-electron chi connectivity index (χ1n) is 11.0. The maximum absolute atomic E-state index is 12.9. The molecule has 11 nitrogen and oxygen atoms in total. The molecular weight excluding hydrogens is 534 g/mol. The summed E-state index contributed by atoms with van der Waals surface area (Å²) >= 11 is 2.00. The van der Waals surface area contributed by atoms with Gasteiger partial charge in [-0.15, -0.1) is 25.9 Å². The van der Waals surface area contributed by atoms with E-state index < -0.39 is 16.0 Å². The molecule has 188 valence electrons. The number of aromatic carboxylic acids is 1. The summed E-state index contributed by atoms with van der Waals surface area (Å²) in [6, 6.07) is 16.8. The Labute approximate surface area is 218 Å². The summed E-state index contributed by atoms with van der Waals surface area (Å²) < 4.78 is 31.4. The van der Waals surface area contributed by atoms with Gasteiger partial charge in [0, 0.05) is 5.56 Å². The molecule has 5 aromatic rings. The van der Waals surface area contributed by atoms with Crippen molar-refractivity contribution in [3.8, 4) is 22.5 Å². The van der Waals surface area contributed by atoms with Gasteiger partial charge in [0.2, 0.25) is 10.6 Å². The van der Waals surface area contributed by atoms with E-state index in [9.17, 15) is 18.3 Å². The highest BCUT2D eigenvalue weighted by Crippen LogP contribution is 2.30. The Bertz CT molecular complexity index is 1740. The summed E-state index contributed by atoms with van der Waals surface area (Å²) in [5.74, 6) is -0.815. The first-order chi connectivity index (χ1) is 17.9. The maximum Gasteiger partial charge on any atom is 0.347 e. The van der Waals surface area contributed by atoms with Gasteiger partial charge in [0.15, 0.2) is 0 Å². The van der Waals surface area contributed by atoms with Crippen molar-refractivity contribution in [2.75, 3.05) is 0 Å². The minimum atomic E-state index is -4.24. The number of thiophene rings is 1. The highest BCUT2D eigenvalue weighted by atomic mass is 32.2. The van der Waals surface area contributed by atoms with Crippen molar-refractivity contribution in [3.05, 3.63) is 80.2 Å². The van der Waals surface area contributed by atoms with Gasteiger partial charge in [-0.2, -0.15) is 18.7 Å². The highest BCUT2D eigenvalue weighted by Gasteiger charge is 2.24. The van der Waals surface area contributed by atoms with Crippen LogP contribution < -0.4 is 4.80 Å². The number of carboxylic acids is 1. The summed E-state index contributed by atoms with van der Waals surface area (Å²) in [5.41, 5.74) is 3.62. The highest BCUT2D eigenvalue weighted by molar-refractivity contribution is 7.90. The smallest absolute Gasteiger partial charge is 0.347 e. The molecule has 0 spiro atoms. The third-order valence-corrected chi connectivity index (χ3v) is 8.92. The van der Waals surface area contributed by atoms with E-state index >= 15 is 0 Å². The third kappa shape index (κ3) is 5.12. The van der Waals surface area contributed by atoms with Gasteiger partial charge in [-0.05, 0) is 39.8 Å². The van der Waals surface area contributed by atoms with Crippen molar-refractivity contribution < 1.29 is 18.3 Å². The zero-order chi connectivity index (χ0) is 26.0. The molecule has 0 unspecified atom stereocenters. The number of nitrogens with zero attached hydrogens (tertiary/aromatic N) is 6. The molecule has 0 saturated heterocycles. The molecule has 0 bridgehead atoms. The first kappa shape index (κ1) is 24.7. The van der Waals surface area contributed by atoms with E-state index in [1.807, 2.05) is 55.5 Å². The summed E-state index contributed by atoms with van der Waals surface area (Å²) in [5, 5.41) is 30.2. The van der Waals surface area contributed by atoms with Crippen molar-refractivity contribution in [2.45, 2.75) is 24.8 Å². The van der Waals surface area contributed by atoms with Crippen molar-refractivity contribution in [1.82, 2.24) is 30.4 Å². The number of hydrogen-bond donors (Lipinski definition) is 2. The van der Waals surface area contributed by atoms with Crippen LogP contribution in [0.25, 0.3) is 22.5 Å². The number of carbonyl (C=O) groups is 1. The predicted octanol–water partition coefficient (Wildman–Crippen LogP) is 3.45. The molecule has 0 aliphatic rings. The number of aromatic nitrogens is 6. The number of H-pyrrole nitrogens is 1. The fourth-order valence-electron chi connectivity index (χ4n) is 3.64. The molecule has 0 amide bonds. The second kappa shape index (κ2) is 10.2. The first-order valence-corrected chi connectivity index (χ1v) is 14.1. The van der Waals surface area contributed by atoms with Gasteiger partial charge in [-0.3, -0.25) is 0 Å². The van der Waals surface area contributed by atoms with Gasteiger partial charge in [0.1, 0.15) is 14.8 Å². The number of rotatable bonds is 8. The number of carboxylic acid groups (broad SMARTS) is 1. The lowest BCUT2D eigenvalue weighted by Crippen LogP contribution is -2.19. The van der Waals surface area contributed by atoms with Gasteiger partial charge in [-0.25, -0.2) is 9.48 Å². The van der Waals surface area contributed by atoms with Crippen LogP contribution in [0.3, 0.4) is 0 Å². The lowest BCUT2D eigenvalue weighted by molar-refractivity contribution is 0.0698. The number of tetrazole rings is 1. The summed E-state index contributed by atoms with van der Waals surface area (Å²) in [6.45, 7) is 2.20. The fourth-order valence-corrected chi connectivity index (χ4v) is 6.92. The molecule has 3 heterocycles. The molecule has 2 N–H and O–H groups in total. The number of sulfonamides is 1. The van der Waals surface area contributed by atoms with Crippen LogP contribution >= 0.6 is 22.7 Å². The molecule has 3 aromatic heterocycles. The molecule has 0 radical (unpaired) electrons. The van der Waals surface area contributed by atoms with E-state index in [0.717, 1.165) is 44.9 Å². The topological polar surface area (TPSA) is 156 Å². The Morgan fingerprint density at radius 2 is 1.86 bits per heavy atom. The zero-order valence-corrected chi connectivity index (χ0v) is 21.7. The average Bonchev–Trinajstić information content (AvgIpc) is 3.66. The van der Waals surface area contributed by atoms with Gasteiger partial charge in [-0.1, -0.05) is 66.8 Å². The van der Waals surface area contributed by atoms with E-state index in [-0.39, 0.29) is 21.1 Å². The zero-order valence-electron chi connectivity index (χ0n) is 19.3. The molecule has 0 fully saturated rings. The lowest BCUT2D eigenvalue weighted by Gasteiger charge is -2.08. The normalized spacial score (nSPS) is 12.2. The molecule has 5 rings (SSSR count). The van der Waals surface area contributed by atoms with Crippen LogP contribution in [0.15, 0.2) is 69.3 Å². The quantitative estimate of drug-likeness (QED) is 0.296.